The van der Waals surface area contributed by atoms with Crippen LogP contribution in [0.15, 0.2) is 274 Å². The van der Waals surface area contributed by atoms with Gasteiger partial charge in [0, 0.05) is 52.4 Å². The zero-order chi connectivity index (χ0) is 41.7. The van der Waals surface area contributed by atoms with Gasteiger partial charge in [0.2, 0.25) is 0 Å². The Labute approximate surface area is 368 Å². The summed E-state index contributed by atoms with van der Waals surface area (Å²) in [5.74, 6) is 0. The molecule has 12 aromatic rings. The maximum Gasteiger partial charge on any atom is 0.0541 e. The van der Waals surface area contributed by atoms with E-state index in [-0.39, 0.29) is 0 Å². The second kappa shape index (κ2) is 15.3. The van der Waals surface area contributed by atoms with Crippen molar-refractivity contribution >= 4 is 53.6 Å². The standard InChI is InChI=1S/C60H42N2S/c1-5-19-43(20-6-1)51-27-13-16-30-56(51)62-58-32-18-15-29-53(58)55-42-45(34-40-60(55)62)44-33-39-59-54(41-44)52-28-14-17-31-57(52)61(59)46-35-37-50(38-36-46)63(47-21-7-2-8-22-47,48-23-9-3-10-24-48)49-25-11-4-12-26-49/h1-42H. The van der Waals surface area contributed by atoms with Crippen LogP contribution < -0.4 is 0 Å². The van der Waals surface area contributed by atoms with Gasteiger partial charge in [-0.05, 0) is 120 Å². The minimum Gasteiger partial charge on any atom is -0.309 e. The van der Waals surface area contributed by atoms with E-state index in [4.69, 9.17) is 0 Å². The van der Waals surface area contributed by atoms with Crippen molar-refractivity contribution in [3.63, 3.8) is 0 Å². The molecule has 0 amide bonds. The van der Waals surface area contributed by atoms with Gasteiger partial charge in [0.1, 0.15) is 0 Å². The molecule has 12 rings (SSSR count). The Hall–Kier alpha value is -7.85. The fourth-order valence-electron chi connectivity index (χ4n) is 9.86. The number of aromatic nitrogens is 2. The van der Waals surface area contributed by atoms with Crippen LogP contribution in [0.2, 0.25) is 0 Å². The van der Waals surface area contributed by atoms with Crippen molar-refractivity contribution in [2.24, 2.45) is 0 Å². The molecule has 0 aliphatic heterocycles. The first-order chi connectivity index (χ1) is 31.3. The molecule has 0 N–H and O–H groups in total. The fraction of sp³-hybridized carbons (Fsp3) is 0. The predicted octanol–water partition coefficient (Wildman–Crippen LogP) is 16.6. The highest BCUT2D eigenvalue weighted by Gasteiger charge is 2.33. The third-order valence-corrected chi connectivity index (χ3v) is 16.6. The van der Waals surface area contributed by atoms with E-state index in [1.54, 1.807) is 0 Å². The van der Waals surface area contributed by atoms with Crippen molar-refractivity contribution in [3.05, 3.63) is 255 Å². The van der Waals surface area contributed by atoms with Gasteiger partial charge < -0.3 is 9.13 Å². The lowest BCUT2D eigenvalue weighted by Gasteiger charge is -2.42. The quantitative estimate of drug-likeness (QED) is 0.144. The van der Waals surface area contributed by atoms with Crippen LogP contribution in [0.5, 0.6) is 0 Å². The molecular weight excluding hydrogens is 781 g/mol. The van der Waals surface area contributed by atoms with Crippen molar-refractivity contribution in [2.45, 2.75) is 19.6 Å². The van der Waals surface area contributed by atoms with E-state index in [9.17, 15) is 0 Å². The van der Waals surface area contributed by atoms with Gasteiger partial charge in [-0.2, -0.15) is 0 Å². The van der Waals surface area contributed by atoms with Crippen LogP contribution in [0.3, 0.4) is 0 Å². The van der Waals surface area contributed by atoms with Crippen LogP contribution in [0.1, 0.15) is 0 Å². The zero-order valence-electron chi connectivity index (χ0n) is 34.6. The molecule has 2 nitrogen and oxygen atoms in total. The minimum atomic E-state index is -1.79. The molecule has 0 aliphatic rings. The highest BCUT2D eigenvalue weighted by Crippen LogP contribution is 2.73. The van der Waals surface area contributed by atoms with Gasteiger partial charge in [-0.25, -0.2) is 0 Å². The van der Waals surface area contributed by atoms with Gasteiger partial charge in [-0.15, -0.1) is 10.0 Å². The summed E-state index contributed by atoms with van der Waals surface area (Å²) in [6.45, 7) is 0. The molecule has 0 unspecified atom stereocenters. The molecule has 3 heteroatoms. The molecule has 0 fully saturated rings. The number of rotatable bonds is 8. The van der Waals surface area contributed by atoms with E-state index < -0.39 is 10.0 Å². The van der Waals surface area contributed by atoms with Gasteiger partial charge >= 0.3 is 0 Å². The lowest BCUT2D eigenvalue weighted by Crippen LogP contribution is -2.05. The van der Waals surface area contributed by atoms with E-state index >= 15 is 0 Å². The summed E-state index contributed by atoms with van der Waals surface area (Å²) in [4.78, 5) is 5.26. The molecule has 0 spiro atoms. The highest BCUT2D eigenvalue weighted by molar-refractivity contribution is 8.34. The average Bonchev–Trinajstić information content (AvgIpc) is 3.88. The van der Waals surface area contributed by atoms with Crippen LogP contribution in [-0.4, -0.2) is 9.13 Å². The summed E-state index contributed by atoms with van der Waals surface area (Å²) in [6.07, 6.45) is 0. The van der Waals surface area contributed by atoms with Crippen LogP contribution in [0.25, 0.3) is 77.2 Å². The molecule has 298 valence electrons. The topological polar surface area (TPSA) is 9.86 Å². The molecule has 2 heterocycles. The second-order valence-electron chi connectivity index (χ2n) is 16.1. The minimum absolute atomic E-state index is 1.14. The Morgan fingerprint density at radius 1 is 0.254 bits per heavy atom. The van der Waals surface area contributed by atoms with E-state index in [1.807, 2.05) is 0 Å². The summed E-state index contributed by atoms with van der Waals surface area (Å²) in [5, 5.41) is 4.97. The molecule has 0 aliphatic carbocycles. The zero-order valence-corrected chi connectivity index (χ0v) is 35.4. The van der Waals surface area contributed by atoms with Crippen molar-refractivity contribution in [3.8, 4) is 33.6 Å². The third-order valence-electron chi connectivity index (χ3n) is 12.6. The van der Waals surface area contributed by atoms with Gasteiger partial charge in [0.25, 0.3) is 0 Å². The average molecular weight is 823 g/mol. The number of para-hydroxylation sites is 3. The maximum atomic E-state index is 2.43. The normalized spacial score (nSPS) is 12.1. The molecule has 0 saturated heterocycles. The van der Waals surface area contributed by atoms with Crippen molar-refractivity contribution in [1.82, 2.24) is 9.13 Å². The number of benzene rings is 10. The highest BCUT2D eigenvalue weighted by atomic mass is 32.3. The number of fused-ring (bicyclic) bond motifs is 6. The van der Waals surface area contributed by atoms with E-state index in [1.165, 1.54) is 91.1 Å². The Morgan fingerprint density at radius 2 is 0.651 bits per heavy atom. The summed E-state index contributed by atoms with van der Waals surface area (Å²) in [6, 6.07) is 93.7. The van der Waals surface area contributed by atoms with E-state index in [0.29, 0.717) is 0 Å². The van der Waals surface area contributed by atoms with Crippen LogP contribution in [-0.2, 0) is 0 Å². The number of hydrogen-bond acceptors (Lipinski definition) is 0. The van der Waals surface area contributed by atoms with E-state index in [2.05, 4.69) is 264 Å². The second-order valence-corrected chi connectivity index (χ2v) is 19.2. The molecule has 2 aromatic heterocycles. The number of hydrogen-bond donors (Lipinski definition) is 0. The lowest BCUT2D eigenvalue weighted by atomic mass is 10.0. The van der Waals surface area contributed by atoms with Gasteiger partial charge in [-0.3, -0.25) is 0 Å². The van der Waals surface area contributed by atoms with E-state index in [0.717, 1.165) is 5.69 Å². The molecule has 0 atom stereocenters. The van der Waals surface area contributed by atoms with Crippen molar-refractivity contribution in [1.29, 1.82) is 0 Å². The maximum absolute atomic E-state index is 2.43. The first kappa shape index (κ1) is 37.0. The Bertz CT molecular complexity index is 3490. The van der Waals surface area contributed by atoms with Gasteiger partial charge in [0.15, 0.2) is 0 Å². The third kappa shape index (κ3) is 5.96. The SMILES string of the molecule is c1ccc(-c2ccccc2-n2c3ccccc3c3cc(-c4ccc5c(c4)c4ccccc4n5-c4ccc(S(c5ccccc5)(c5ccccc5)c5ccccc5)cc4)ccc32)cc1. The van der Waals surface area contributed by atoms with Crippen molar-refractivity contribution < 1.29 is 0 Å². The Morgan fingerprint density at radius 3 is 1.19 bits per heavy atom. The van der Waals surface area contributed by atoms with Crippen molar-refractivity contribution in [2.75, 3.05) is 0 Å². The first-order valence-electron chi connectivity index (χ1n) is 21.6. The Balaban J connectivity index is 0.992. The fourth-order valence-corrected chi connectivity index (χ4v) is 13.7. The lowest BCUT2D eigenvalue weighted by molar-refractivity contribution is 1.16. The van der Waals surface area contributed by atoms with Crippen LogP contribution in [0, 0.1) is 0 Å². The summed E-state index contributed by atoms with van der Waals surface area (Å²) >= 11 is 0. The van der Waals surface area contributed by atoms with Gasteiger partial charge in [0.05, 0.1) is 27.8 Å². The summed E-state index contributed by atoms with van der Waals surface area (Å²) in [5.41, 5.74) is 11.9. The predicted molar refractivity (Wildman–Crippen MR) is 266 cm³/mol. The molecule has 63 heavy (non-hydrogen) atoms. The van der Waals surface area contributed by atoms with Crippen LogP contribution in [0.4, 0.5) is 0 Å². The smallest absolute Gasteiger partial charge is 0.0541 e. The number of nitrogens with zero attached hydrogens (tertiary/aromatic N) is 2. The molecular formula is C60H42N2S. The molecule has 0 saturated carbocycles. The largest absolute Gasteiger partial charge is 0.309 e. The first-order valence-corrected chi connectivity index (χ1v) is 23.2. The monoisotopic (exact) mass is 822 g/mol. The molecule has 0 radical (unpaired) electrons. The summed E-state index contributed by atoms with van der Waals surface area (Å²) in [7, 11) is -1.79. The Kier molecular flexibility index (Phi) is 8.95. The molecule has 10 aromatic carbocycles. The summed E-state index contributed by atoms with van der Waals surface area (Å²) < 4.78 is 4.87. The molecule has 0 bridgehead atoms. The van der Waals surface area contributed by atoms with Crippen LogP contribution >= 0.6 is 10.0 Å². The van der Waals surface area contributed by atoms with Gasteiger partial charge in [-0.1, -0.05) is 152 Å².